The Morgan fingerprint density at radius 3 is 2.12 bits per heavy atom. The van der Waals surface area contributed by atoms with Crippen molar-refractivity contribution < 1.29 is 4.39 Å². The van der Waals surface area contributed by atoms with Crippen LogP contribution in [0.3, 0.4) is 0 Å². The van der Waals surface area contributed by atoms with Crippen LogP contribution in [0.15, 0.2) is 54.9 Å². The molecule has 136 valence electrons. The maximum absolute atomic E-state index is 13.2. The lowest BCUT2D eigenvalue weighted by atomic mass is 9.92. The molecule has 0 unspecified atom stereocenters. The molecule has 0 aliphatic carbocycles. The summed E-state index contributed by atoms with van der Waals surface area (Å²) in [5.74, 6) is -0.210. The highest BCUT2D eigenvalue weighted by molar-refractivity contribution is 5.19. The Hall–Kier alpha value is -2.53. The monoisotopic (exact) mass is 352 g/mol. The van der Waals surface area contributed by atoms with Crippen LogP contribution in [0.4, 0.5) is 4.39 Å². The molecular weight excluding hydrogens is 327 g/mol. The zero-order valence-electron chi connectivity index (χ0n) is 15.5. The predicted octanol–water partition coefficient (Wildman–Crippen LogP) is 4.44. The Balaban J connectivity index is 1.77. The molecular formula is C21H25FN4. The molecule has 4 nitrogen and oxygen atoms in total. The van der Waals surface area contributed by atoms with Crippen molar-refractivity contribution in [3.63, 3.8) is 0 Å². The third kappa shape index (κ3) is 4.99. The fraction of sp³-hybridized carbons (Fsp3) is 0.333. The molecule has 0 atom stereocenters. The van der Waals surface area contributed by atoms with Crippen LogP contribution >= 0.6 is 0 Å². The second-order valence-electron chi connectivity index (χ2n) is 7.66. The molecule has 0 bridgehead atoms. The number of H-pyrrole nitrogens is 1. The van der Waals surface area contributed by atoms with Gasteiger partial charge in [-0.1, -0.05) is 32.9 Å². The summed E-state index contributed by atoms with van der Waals surface area (Å²) in [6.45, 7) is 8.71. The number of pyridine rings is 1. The molecule has 2 heterocycles. The van der Waals surface area contributed by atoms with Crippen LogP contribution in [0, 0.1) is 5.82 Å². The van der Waals surface area contributed by atoms with Crippen molar-refractivity contribution in [3.05, 3.63) is 83.2 Å². The molecule has 0 fully saturated rings. The van der Waals surface area contributed by atoms with E-state index in [1.165, 1.54) is 17.7 Å². The molecule has 2 aromatic heterocycles. The third-order valence-corrected chi connectivity index (χ3v) is 4.27. The van der Waals surface area contributed by atoms with E-state index < -0.39 is 0 Å². The Morgan fingerprint density at radius 2 is 1.54 bits per heavy atom. The second-order valence-corrected chi connectivity index (χ2v) is 7.66. The smallest absolute Gasteiger partial charge is 0.123 e. The normalized spacial score (nSPS) is 11.9. The number of aromatic amines is 1. The SMILES string of the molecule is CC(C)(C)c1cc(CN(Cc2ccncc2)Cc2ccc(F)cc2)[nH]n1. The number of halogens is 1. The van der Waals surface area contributed by atoms with E-state index in [0.29, 0.717) is 0 Å². The molecule has 0 amide bonds. The average molecular weight is 352 g/mol. The Morgan fingerprint density at radius 1 is 0.923 bits per heavy atom. The lowest BCUT2D eigenvalue weighted by Gasteiger charge is -2.22. The van der Waals surface area contributed by atoms with Crippen LogP contribution in [0.5, 0.6) is 0 Å². The highest BCUT2D eigenvalue weighted by atomic mass is 19.1. The number of hydrogen-bond acceptors (Lipinski definition) is 3. The van der Waals surface area contributed by atoms with E-state index in [9.17, 15) is 4.39 Å². The maximum atomic E-state index is 13.2. The summed E-state index contributed by atoms with van der Waals surface area (Å²) < 4.78 is 13.2. The van der Waals surface area contributed by atoms with Crippen molar-refractivity contribution >= 4 is 0 Å². The van der Waals surface area contributed by atoms with Crippen molar-refractivity contribution in [1.29, 1.82) is 0 Å². The topological polar surface area (TPSA) is 44.8 Å². The van der Waals surface area contributed by atoms with Gasteiger partial charge in [-0.2, -0.15) is 5.10 Å². The summed E-state index contributed by atoms with van der Waals surface area (Å²) in [4.78, 5) is 6.39. The van der Waals surface area contributed by atoms with Crippen molar-refractivity contribution in [2.75, 3.05) is 0 Å². The van der Waals surface area contributed by atoms with Crippen molar-refractivity contribution in [2.45, 2.75) is 45.8 Å². The number of nitrogens with zero attached hydrogens (tertiary/aromatic N) is 3. The molecule has 3 rings (SSSR count). The minimum Gasteiger partial charge on any atom is -0.289 e. The first-order valence-corrected chi connectivity index (χ1v) is 8.80. The van der Waals surface area contributed by atoms with E-state index in [0.717, 1.165) is 36.6 Å². The van der Waals surface area contributed by atoms with Gasteiger partial charge in [-0.15, -0.1) is 0 Å². The van der Waals surface area contributed by atoms with Gasteiger partial charge in [-0.3, -0.25) is 15.0 Å². The standard InChI is InChI=1S/C21H25FN4/c1-21(2,3)20-12-19(24-25-20)15-26(14-17-8-10-23-11-9-17)13-16-4-6-18(22)7-5-16/h4-12H,13-15H2,1-3H3,(H,24,25). The molecule has 5 heteroatoms. The average Bonchev–Trinajstić information content (AvgIpc) is 3.07. The molecule has 0 saturated heterocycles. The number of aromatic nitrogens is 3. The zero-order chi connectivity index (χ0) is 18.6. The lowest BCUT2D eigenvalue weighted by molar-refractivity contribution is 0.244. The van der Waals surface area contributed by atoms with Gasteiger partial charge in [-0.25, -0.2) is 4.39 Å². The number of benzene rings is 1. The van der Waals surface area contributed by atoms with Crippen LogP contribution in [0.2, 0.25) is 0 Å². The van der Waals surface area contributed by atoms with Crippen LogP contribution in [0.1, 0.15) is 43.3 Å². The van der Waals surface area contributed by atoms with Gasteiger partial charge in [0.15, 0.2) is 0 Å². The van der Waals surface area contributed by atoms with E-state index in [1.54, 1.807) is 12.4 Å². The van der Waals surface area contributed by atoms with Crippen molar-refractivity contribution in [3.8, 4) is 0 Å². The summed E-state index contributed by atoms with van der Waals surface area (Å²) in [7, 11) is 0. The van der Waals surface area contributed by atoms with Crippen LogP contribution in [-0.4, -0.2) is 20.1 Å². The largest absolute Gasteiger partial charge is 0.289 e. The van der Waals surface area contributed by atoms with Gasteiger partial charge < -0.3 is 0 Å². The highest BCUT2D eigenvalue weighted by Gasteiger charge is 2.18. The molecule has 26 heavy (non-hydrogen) atoms. The Bertz CT molecular complexity index is 819. The van der Waals surface area contributed by atoms with Gasteiger partial charge in [0, 0.05) is 43.1 Å². The molecule has 1 N–H and O–H groups in total. The van der Waals surface area contributed by atoms with Gasteiger partial charge >= 0.3 is 0 Å². The van der Waals surface area contributed by atoms with E-state index in [1.807, 2.05) is 24.3 Å². The highest BCUT2D eigenvalue weighted by Crippen LogP contribution is 2.21. The number of hydrogen-bond donors (Lipinski definition) is 1. The zero-order valence-corrected chi connectivity index (χ0v) is 15.5. The molecule has 0 saturated carbocycles. The summed E-state index contributed by atoms with van der Waals surface area (Å²) in [6.07, 6.45) is 3.61. The minimum absolute atomic E-state index is 0.0155. The molecule has 0 aliphatic rings. The van der Waals surface area contributed by atoms with E-state index in [2.05, 4.69) is 46.9 Å². The molecule has 1 aromatic carbocycles. The second kappa shape index (κ2) is 7.79. The van der Waals surface area contributed by atoms with Gasteiger partial charge in [0.1, 0.15) is 5.82 Å². The summed E-state index contributed by atoms with van der Waals surface area (Å²) in [5, 5.41) is 7.61. The van der Waals surface area contributed by atoms with E-state index >= 15 is 0 Å². The summed E-state index contributed by atoms with van der Waals surface area (Å²) >= 11 is 0. The molecule has 0 spiro atoms. The van der Waals surface area contributed by atoms with Crippen LogP contribution in [-0.2, 0) is 25.0 Å². The van der Waals surface area contributed by atoms with Gasteiger partial charge in [-0.05, 0) is 41.5 Å². The quantitative estimate of drug-likeness (QED) is 0.713. The molecule has 3 aromatic rings. The van der Waals surface area contributed by atoms with Gasteiger partial charge in [0.25, 0.3) is 0 Å². The Kier molecular flexibility index (Phi) is 5.47. The molecule has 0 aliphatic heterocycles. The van der Waals surface area contributed by atoms with Crippen molar-refractivity contribution in [2.24, 2.45) is 0 Å². The first-order valence-electron chi connectivity index (χ1n) is 8.80. The van der Waals surface area contributed by atoms with Gasteiger partial charge in [0.2, 0.25) is 0 Å². The van der Waals surface area contributed by atoms with Crippen molar-refractivity contribution in [1.82, 2.24) is 20.1 Å². The van der Waals surface area contributed by atoms with E-state index in [-0.39, 0.29) is 11.2 Å². The molecule has 0 radical (unpaired) electrons. The first-order chi connectivity index (χ1) is 12.4. The fourth-order valence-corrected chi connectivity index (χ4v) is 2.83. The number of nitrogens with one attached hydrogen (secondary N) is 1. The van der Waals surface area contributed by atoms with E-state index in [4.69, 9.17) is 0 Å². The number of rotatable bonds is 6. The summed E-state index contributed by atoms with van der Waals surface area (Å²) in [5.41, 5.74) is 4.42. The Labute approximate surface area is 154 Å². The maximum Gasteiger partial charge on any atom is 0.123 e. The van der Waals surface area contributed by atoms with Crippen LogP contribution < -0.4 is 0 Å². The van der Waals surface area contributed by atoms with Gasteiger partial charge in [0.05, 0.1) is 5.69 Å². The lowest BCUT2D eigenvalue weighted by Crippen LogP contribution is -2.22. The van der Waals surface area contributed by atoms with Crippen LogP contribution in [0.25, 0.3) is 0 Å². The third-order valence-electron chi connectivity index (χ3n) is 4.27. The fourth-order valence-electron chi connectivity index (χ4n) is 2.83. The first kappa shape index (κ1) is 18.3. The summed E-state index contributed by atoms with van der Waals surface area (Å²) in [6, 6.07) is 12.9. The minimum atomic E-state index is -0.210. The predicted molar refractivity (Wildman–Crippen MR) is 101 cm³/mol.